The summed E-state index contributed by atoms with van der Waals surface area (Å²) in [5.41, 5.74) is 1.66. The van der Waals surface area contributed by atoms with Crippen molar-refractivity contribution in [2.45, 2.75) is 22.3 Å². The summed E-state index contributed by atoms with van der Waals surface area (Å²) in [6, 6.07) is 13.6. The molecule has 10 nitrogen and oxygen atoms in total. The molecule has 1 atom stereocenters. The van der Waals surface area contributed by atoms with Gasteiger partial charge in [0.1, 0.15) is 4.21 Å². The smallest absolute Gasteiger partial charge is 0.250 e. The summed E-state index contributed by atoms with van der Waals surface area (Å²) in [6.07, 6.45) is 2.82. The van der Waals surface area contributed by atoms with E-state index in [2.05, 4.69) is 20.8 Å². The highest BCUT2D eigenvalue weighted by Crippen LogP contribution is 2.30. The number of amides is 1. The Morgan fingerprint density at radius 3 is 2.74 bits per heavy atom. The topological polar surface area (TPSA) is 150 Å². The van der Waals surface area contributed by atoms with E-state index in [9.17, 15) is 21.6 Å². The van der Waals surface area contributed by atoms with Crippen LogP contribution >= 0.6 is 11.3 Å². The molecule has 13 heteroatoms. The van der Waals surface area contributed by atoms with E-state index in [1.165, 1.54) is 18.3 Å². The van der Waals surface area contributed by atoms with E-state index in [0.717, 1.165) is 23.2 Å². The van der Waals surface area contributed by atoms with Crippen LogP contribution in [0.25, 0.3) is 10.6 Å². The molecule has 1 N–H and O–H groups in total. The molecular weight excluding hydrogens is 510 g/mol. The summed E-state index contributed by atoms with van der Waals surface area (Å²) in [4.78, 5) is 22.7. The first-order chi connectivity index (χ1) is 16.6. The molecule has 0 bridgehead atoms. The largest absolute Gasteiger partial charge is 0.338 e. The molecule has 2 aromatic heterocycles. The van der Waals surface area contributed by atoms with Crippen molar-refractivity contribution in [3.8, 4) is 16.6 Å². The van der Waals surface area contributed by atoms with Gasteiger partial charge < -0.3 is 4.90 Å². The van der Waals surface area contributed by atoms with Crippen LogP contribution in [0.4, 0.5) is 0 Å². The lowest BCUT2D eigenvalue weighted by Gasteiger charge is -2.17. The van der Waals surface area contributed by atoms with Crippen LogP contribution in [-0.4, -0.2) is 57.0 Å². The van der Waals surface area contributed by atoms with E-state index in [1.54, 1.807) is 29.2 Å². The van der Waals surface area contributed by atoms with Gasteiger partial charge in [0.15, 0.2) is 0 Å². The van der Waals surface area contributed by atoms with Gasteiger partial charge in [0, 0.05) is 32.1 Å². The van der Waals surface area contributed by atoms with Gasteiger partial charge in [0.05, 0.1) is 28.1 Å². The second-order valence-electron chi connectivity index (χ2n) is 8.02. The minimum atomic E-state index is -3.88. The van der Waals surface area contributed by atoms with Crippen molar-refractivity contribution < 1.29 is 21.6 Å². The quantitative estimate of drug-likeness (QED) is 0.432. The number of likely N-dealkylation sites (tertiary alicyclic amines) is 1. The number of carbonyl (C=O) groups excluding carboxylic acids is 1. The number of rotatable bonds is 8. The molecular formula is C22H21N5O5S3. The molecule has 4 rings (SSSR count). The average Bonchev–Trinajstić information content (AvgIpc) is 3.46. The molecule has 1 saturated heterocycles. The Hall–Kier alpha value is -3.18. The normalized spacial score (nSPS) is 16.4. The third-order valence-electron chi connectivity index (χ3n) is 5.42. The third-order valence-corrected chi connectivity index (χ3v) is 9.30. The predicted octanol–water partition coefficient (Wildman–Crippen LogP) is 1.81. The highest BCUT2D eigenvalue weighted by atomic mass is 32.2. The van der Waals surface area contributed by atoms with Crippen LogP contribution in [0, 0.1) is 17.2 Å². The second-order valence-corrected chi connectivity index (χ2v) is 13.0. The Kier molecular flexibility index (Phi) is 7.00. The lowest BCUT2D eigenvalue weighted by Crippen LogP contribution is -2.34. The second kappa shape index (κ2) is 9.82. The van der Waals surface area contributed by atoms with E-state index in [0.29, 0.717) is 35.6 Å². The number of sulfonamides is 1. The molecule has 182 valence electrons. The lowest BCUT2D eigenvalue weighted by molar-refractivity contribution is -0.131. The zero-order valence-corrected chi connectivity index (χ0v) is 21.0. The molecule has 1 amide bonds. The van der Waals surface area contributed by atoms with Crippen LogP contribution in [0.15, 0.2) is 58.0 Å². The zero-order valence-electron chi connectivity index (χ0n) is 18.6. The van der Waals surface area contributed by atoms with Crippen molar-refractivity contribution in [3.05, 3.63) is 59.8 Å². The number of nitrogens with one attached hydrogen (secondary N) is 1. The first-order valence-corrected chi connectivity index (χ1v) is 14.7. The summed E-state index contributed by atoms with van der Waals surface area (Å²) in [5.74, 6) is -0.626. The van der Waals surface area contributed by atoms with Crippen molar-refractivity contribution in [1.29, 1.82) is 5.26 Å². The molecule has 0 saturated carbocycles. The van der Waals surface area contributed by atoms with Crippen molar-refractivity contribution >= 4 is 37.1 Å². The third kappa shape index (κ3) is 5.73. The molecule has 3 aromatic rings. The lowest BCUT2D eigenvalue weighted by atomic mass is 10.1. The predicted molar refractivity (Wildman–Crippen MR) is 128 cm³/mol. The number of aromatic nitrogens is 2. The number of carbonyl (C=O) groups is 1. The van der Waals surface area contributed by atoms with Crippen molar-refractivity contribution in [2.24, 2.45) is 5.92 Å². The fourth-order valence-electron chi connectivity index (χ4n) is 3.65. The van der Waals surface area contributed by atoms with Crippen LogP contribution in [0.2, 0.25) is 0 Å². The molecule has 0 spiro atoms. The molecule has 3 heterocycles. The van der Waals surface area contributed by atoms with Crippen molar-refractivity contribution in [2.75, 3.05) is 19.3 Å². The van der Waals surface area contributed by atoms with Gasteiger partial charge in [-0.2, -0.15) is 5.26 Å². The van der Waals surface area contributed by atoms with Crippen LogP contribution < -0.4 is 4.72 Å². The molecule has 0 aliphatic carbocycles. The van der Waals surface area contributed by atoms with Gasteiger partial charge in [-0.3, -0.25) is 4.79 Å². The van der Waals surface area contributed by atoms with E-state index in [-0.39, 0.29) is 21.8 Å². The first kappa shape index (κ1) is 24.9. The molecule has 0 unspecified atom stereocenters. The fourth-order valence-corrected chi connectivity index (χ4v) is 6.57. The summed E-state index contributed by atoms with van der Waals surface area (Å²) < 4.78 is 51.6. The Morgan fingerprint density at radius 1 is 1.20 bits per heavy atom. The maximum atomic E-state index is 12.8. The van der Waals surface area contributed by atoms with E-state index in [4.69, 9.17) is 5.26 Å². The number of nitrogens with zero attached hydrogens (tertiary/aromatic N) is 4. The Balaban J connectivity index is 1.40. The summed E-state index contributed by atoms with van der Waals surface area (Å²) in [7, 11) is -7.49. The minimum absolute atomic E-state index is 0.0302. The Labute approximate surface area is 207 Å². The number of hydrogen-bond donors (Lipinski definition) is 1. The summed E-state index contributed by atoms with van der Waals surface area (Å²) in [5, 5.41) is 8.70. The van der Waals surface area contributed by atoms with Gasteiger partial charge in [0.2, 0.25) is 30.9 Å². The number of thiophene rings is 1. The summed E-state index contributed by atoms with van der Waals surface area (Å²) in [6.45, 7) is 0.830. The van der Waals surface area contributed by atoms with Gasteiger partial charge in [-0.25, -0.2) is 31.5 Å². The molecule has 1 aromatic carbocycles. The molecule has 1 aliphatic rings. The Morgan fingerprint density at radius 2 is 2.00 bits per heavy atom. The van der Waals surface area contributed by atoms with Crippen LogP contribution in [0.1, 0.15) is 17.5 Å². The maximum Gasteiger partial charge on any atom is 0.250 e. The van der Waals surface area contributed by atoms with Crippen LogP contribution in [0.3, 0.4) is 0 Å². The van der Waals surface area contributed by atoms with Gasteiger partial charge in [-0.15, -0.1) is 11.3 Å². The molecule has 35 heavy (non-hydrogen) atoms. The molecule has 0 radical (unpaired) electrons. The highest BCUT2D eigenvalue weighted by molar-refractivity contribution is 7.91. The minimum Gasteiger partial charge on any atom is -0.338 e. The van der Waals surface area contributed by atoms with Crippen LogP contribution in [0.5, 0.6) is 0 Å². The maximum absolute atomic E-state index is 12.8. The van der Waals surface area contributed by atoms with Crippen molar-refractivity contribution in [1.82, 2.24) is 19.6 Å². The highest BCUT2D eigenvalue weighted by Gasteiger charge is 2.32. The van der Waals surface area contributed by atoms with E-state index in [1.807, 2.05) is 6.07 Å². The van der Waals surface area contributed by atoms with Gasteiger partial charge in [-0.05, 0) is 42.3 Å². The molecule has 1 aliphatic heterocycles. The van der Waals surface area contributed by atoms with E-state index >= 15 is 0 Å². The Bertz CT molecular complexity index is 1530. The number of benzene rings is 1. The first-order valence-electron chi connectivity index (χ1n) is 10.5. The van der Waals surface area contributed by atoms with Gasteiger partial charge in [-0.1, -0.05) is 12.1 Å². The van der Waals surface area contributed by atoms with Gasteiger partial charge in [0.25, 0.3) is 0 Å². The zero-order chi connectivity index (χ0) is 25.2. The fraction of sp³-hybridized carbons (Fsp3) is 0.273. The monoisotopic (exact) mass is 531 g/mol. The molecule has 1 fully saturated rings. The number of nitriles is 1. The average molecular weight is 532 g/mol. The van der Waals surface area contributed by atoms with Crippen molar-refractivity contribution in [3.63, 3.8) is 0 Å². The standard InChI is InChI=1S/C22H21N5O5S3/c1-34(29,30)22-24-9-7-18(26-22)19-5-6-20(33-19)35(31,32)25-13-17-8-10-27(21(17)28)14-16-4-2-3-15(11-16)12-23/h2-7,9,11,17,25H,8,10,13-14H2,1H3/t17-/m0/s1. The summed E-state index contributed by atoms with van der Waals surface area (Å²) >= 11 is 0.944. The number of hydrogen-bond acceptors (Lipinski definition) is 9. The SMILES string of the molecule is CS(=O)(=O)c1nccc(-c2ccc(S(=O)(=O)NC[C@@H]3CCN(Cc4cccc(C#N)c4)C3=O)s2)n1. The van der Waals surface area contributed by atoms with Crippen LogP contribution in [-0.2, 0) is 31.2 Å². The van der Waals surface area contributed by atoms with Gasteiger partial charge >= 0.3 is 0 Å². The number of sulfone groups is 1. The van der Waals surface area contributed by atoms with E-state index < -0.39 is 25.8 Å².